The highest BCUT2D eigenvalue weighted by atomic mass is 16.4. The minimum atomic E-state index is -0.792. The second-order valence-electron chi connectivity index (χ2n) is 3.04. The Hall–Kier alpha value is -0.610. The van der Waals surface area contributed by atoms with Gasteiger partial charge in [-0.05, 0) is 20.0 Å². The van der Waals surface area contributed by atoms with Crippen molar-refractivity contribution in [2.75, 3.05) is 26.2 Å². The zero-order chi connectivity index (χ0) is 10.3. The Morgan fingerprint density at radius 2 is 2.00 bits per heavy atom. The molecule has 0 unspecified atom stereocenters. The number of carboxylic acid groups (broad SMARTS) is 1. The Morgan fingerprint density at radius 3 is 2.38 bits per heavy atom. The van der Waals surface area contributed by atoms with Crippen LogP contribution >= 0.6 is 0 Å². The first-order chi connectivity index (χ1) is 6.11. The highest BCUT2D eigenvalue weighted by molar-refractivity contribution is 5.72. The summed E-state index contributed by atoms with van der Waals surface area (Å²) in [5, 5.41) is 11.5. The first-order valence-electron chi connectivity index (χ1n) is 4.80. The van der Waals surface area contributed by atoms with Gasteiger partial charge in [-0.25, -0.2) is 0 Å². The first kappa shape index (κ1) is 12.4. The minimum Gasteiger partial charge on any atom is -0.480 e. The van der Waals surface area contributed by atoms with Crippen LogP contribution in [0.25, 0.3) is 0 Å². The van der Waals surface area contributed by atoms with Crippen LogP contribution in [0.5, 0.6) is 0 Å². The van der Waals surface area contributed by atoms with Gasteiger partial charge >= 0.3 is 5.97 Å². The van der Waals surface area contributed by atoms with Gasteiger partial charge in [0.25, 0.3) is 0 Å². The summed E-state index contributed by atoms with van der Waals surface area (Å²) in [6.07, 6.45) is 0. The van der Waals surface area contributed by atoms with Crippen molar-refractivity contribution in [1.29, 1.82) is 0 Å². The van der Waals surface area contributed by atoms with Crippen molar-refractivity contribution < 1.29 is 9.90 Å². The van der Waals surface area contributed by atoms with Crippen LogP contribution in [0, 0.1) is 0 Å². The third kappa shape index (κ3) is 5.60. The van der Waals surface area contributed by atoms with Crippen LogP contribution in [-0.2, 0) is 4.79 Å². The second-order valence-corrected chi connectivity index (χ2v) is 3.04. The van der Waals surface area contributed by atoms with Gasteiger partial charge in [-0.3, -0.25) is 4.79 Å². The predicted octanol–water partition coefficient (Wildman–Crippen LogP) is 0.391. The summed E-state index contributed by atoms with van der Waals surface area (Å²) in [5.74, 6) is -0.792. The Bertz CT molecular complexity index is 147. The Labute approximate surface area is 79.9 Å². The van der Waals surface area contributed by atoms with Gasteiger partial charge in [-0.15, -0.1) is 0 Å². The van der Waals surface area contributed by atoms with Crippen molar-refractivity contribution in [1.82, 2.24) is 10.2 Å². The molecule has 4 heteroatoms. The van der Waals surface area contributed by atoms with Crippen LogP contribution < -0.4 is 5.32 Å². The van der Waals surface area contributed by atoms with Crippen LogP contribution in [0.1, 0.15) is 20.8 Å². The van der Waals surface area contributed by atoms with Crippen molar-refractivity contribution in [2.45, 2.75) is 26.8 Å². The zero-order valence-corrected chi connectivity index (χ0v) is 8.71. The van der Waals surface area contributed by atoms with E-state index in [1.165, 1.54) is 0 Å². The fraction of sp³-hybridized carbons (Fsp3) is 0.889. The second kappa shape index (κ2) is 6.86. The minimum absolute atomic E-state index is 0.449. The number of rotatable bonds is 7. The molecule has 2 N–H and O–H groups in total. The molecule has 0 aliphatic carbocycles. The molecule has 0 heterocycles. The topological polar surface area (TPSA) is 52.6 Å². The number of nitrogens with one attached hydrogen (secondary N) is 1. The standard InChI is InChI=1S/C9H20N2O2/c1-4-11(5-2)7-6-10-8(3)9(12)13/h8,10H,4-7H2,1-3H3,(H,12,13)/t8-/m0/s1. The van der Waals surface area contributed by atoms with Gasteiger partial charge in [0, 0.05) is 13.1 Å². The lowest BCUT2D eigenvalue weighted by molar-refractivity contribution is -0.139. The van der Waals surface area contributed by atoms with Crippen LogP contribution in [0.4, 0.5) is 0 Å². The van der Waals surface area contributed by atoms with E-state index in [0.29, 0.717) is 0 Å². The number of hydrogen-bond donors (Lipinski definition) is 2. The molecule has 4 nitrogen and oxygen atoms in total. The van der Waals surface area contributed by atoms with Gasteiger partial charge in [0.05, 0.1) is 0 Å². The maximum absolute atomic E-state index is 10.4. The lowest BCUT2D eigenvalue weighted by Gasteiger charge is -2.18. The third-order valence-corrected chi connectivity index (χ3v) is 2.14. The third-order valence-electron chi connectivity index (χ3n) is 2.14. The molecule has 0 fully saturated rings. The molecular weight excluding hydrogens is 168 g/mol. The van der Waals surface area contributed by atoms with E-state index in [9.17, 15) is 4.79 Å². The maximum Gasteiger partial charge on any atom is 0.320 e. The van der Waals surface area contributed by atoms with Gasteiger partial charge in [-0.2, -0.15) is 0 Å². The Balaban J connectivity index is 3.48. The van der Waals surface area contributed by atoms with E-state index < -0.39 is 12.0 Å². The smallest absolute Gasteiger partial charge is 0.320 e. The molecule has 1 atom stereocenters. The van der Waals surface area contributed by atoms with Crippen molar-refractivity contribution >= 4 is 5.97 Å². The van der Waals surface area contributed by atoms with Crippen molar-refractivity contribution in [3.8, 4) is 0 Å². The molecule has 78 valence electrons. The molecule has 0 amide bonds. The fourth-order valence-corrected chi connectivity index (χ4v) is 1.07. The SMILES string of the molecule is CCN(CC)CCN[C@@H](C)C(=O)O. The maximum atomic E-state index is 10.4. The summed E-state index contributed by atoms with van der Waals surface area (Å²) in [4.78, 5) is 12.7. The average molecular weight is 188 g/mol. The van der Waals surface area contributed by atoms with Crippen LogP contribution in [0.2, 0.25) is 0 Å². The normalized spacial score (nSPS) is 13.2. The van der Waals surface area contributed by atoms with Crippen LogP contribution in [-0.4, -0.2) is 48.2 Å². The summed E-state index contributed by atoms with van der Waals surface area (Å²) in [5.41, 5.74) is 0. The van der Waals surface area contributed by atoms with E-state index in [1.54, 1.807) is 6.92 Å². The highest BCUT2D eigenvalue weighted by Crippen LogP contribution is 1.86. The lowest BCUT2D eigenvalue weighted by Crippen LogP contribution is -2.39. The monoisotopic (exact) mass is 188 g/mol. The van der Waals surface area contributed by atoms with E-state index in [4.69, 9.17) is 5.11 Å². The summed E-state index contributed by atoms with van der Waals surface area (Å²) in [6, 6.07) is -0.449. The summed E-state index contributed by atoms with van der Waals surface area (Å²) in [7, 11) is 0. The average Bonchev–Trinajstić information content (AvgIpc) is 2.12. The molecule has 0 saturated heterocycles. The molecule has 0 aromatic rings. The zero-order valence-electron chi connectivity index (χ0n) is 8.71. The van der Waals surface area contributed by atoms with Gasteiger partial charge in [0.15, 0.2) is 0 Å². The number of aliphatic carboxylic acids is 1. The first-order valence-corrected chi connectivity index (χ1v) is 4.80. The van der Waals surface area contributed by atoms with Gasteiger partial charge in [0.1, 0.15) is 6.04 Å². The summed E-state index contributed by atoms with van der Waals surface area (Å²) in [6.45, 7) is 9.53. The number of hydrogen-bond acceptors (Lipinski definition) is 3. The van der Waals surface area contributed by atoms with Crippen molar-refractivity contribution in [3.63, 3.8) is 0 Å². The lowest BCUT2D eigenvalue weighted by atomic mass is 10.3. The molecule has 0 spiro atoms. The molecule has 0 aliphatic heterocycles. The number of carbonyl (C=O) groups is 1. The molecule has 0 rings (SSSR count). The number of carboxylic acids is 1. The summed E-state index contributed by atoms with van der Waals surface area (Å²) < 4.78 is 0. The summed E-state index contributed by atoms with van der Waals surface area (Å²) >= 11 is 0. The van der Waals surface area contributed by atoms with E-state index in [1.807, 2.05) is 0 Å². The van der Waals surface area contributed by atoms with Crippen molar-refractivity contribution in [3.05, 3.63) is 0 Å². The number of nitrogens with zero attached hydrogens (tertiary/aromatic N) is 1. The van der Waals surface area contributed by atoms with Crippen LogP contribution in [0.3, 0.4) is 0 Å². The molecule has 0 aliphatic rings. The van der Waals surface area contributed by atoms with Gasteiger partial charge in [0.2, 0.25) is 0 Å². The predicted molar refractivity (Wildman–Crippen MR) is 52.9 cm³/mol. The molecule has 0 aromatic carbocycles. The van der Waals surface area contributed by atoms with E-state index in [0.717, 1.165) is 26.2 Å². The van der Waals surface area contributed by atoms with Crippen LogP contribution in [0.15, 0.2) is 0 Å². The van der Waals surface area contributed by atoms with E-state index in [2.05, 4.69) is 24.1 Å². The highest BCUT2D eigenvalue weighted by Gasteiger charge is 2.09. The molecule has 0 radical (unpaired) electrons. The van der Waals surface area contributed by atoms with Gasteiger partial charge in [-0.1, -0.05) is 13.8 Å². The quantitative estimate of drug-likeness (QED) is 0.607. The van der Waals surface area contributed by atoms with Crippen molar-refractivity contribution in [2.24, 2.45) is 0 Å². The largest absolute Gasteiger partial charge is 0.480 e. The molecule has 0 saturated carbocycles. The molecule has 0 aromatic heterocycles. The van der Waals surface area contributed by atoms with E-state index in [-0.39, 0.29) is 0 Å². The Kier molecular flexibility index (Phi) is 6.54. The van der Waals surface area contributed by atoms with Gasteiger partial charge < -0.3 is 15.3 Å². The Morgan fingerprint density at radius 1 is 1.46 bits per heavy atom. The number of likely N-dealkylation sites (N-methyl/N-ethyl adjacent to an activating group) is 1. The molecular formula is C9H20N2O2. The molecule has 13 heavy (non-hydrogen) atoms. The molecule has 0 bridgehead atoms. The fourth-order valence-electron chi connectivity index (χ4n) is 1.07. The van der Waals surface area contributed by atoms with E-state index >= 15 is 0 Å².